The Morgan fingerprint density at radius 2 is 2.40 bits per heavy atom. The molecule has 0 aliphatic carbocycles. The van der Waals surface area contributed by atoms with Crippen LogP contribution in [0.5, 0.6) is 0 Å². The smallest absolute Gasteiger partial charge is 0.0685 e. The molecule has 1 aliphatic heterocycles. The molecule has 0 spiro atoms. The summed E-state index contributed by atoms with van der Waals surface area (Å²) in [6.07, 6.45) is 2.93. The molecule has 0 N–H and O–H groups in total. The van der Waals surface area contributed by atoms with Crippen molar-refractivity contribution in [2.24, 2.45) is 0 Å². The number of nitriles is 1. The molecule has 1 rings (SSSR count). The summed E-state index contributed by atoms with van der Waals surface area (Å²) in [6, 6.07) is 2.09. The molecule has 1 aliphatic rings. The Balaban J connectivity index is 2.09. The summed E-state index contributed by atoms with van der Waals surface area (Å²) in [7, 11) is 0. The van der Waals surface area contributed by atoms with E-state index in [4.69, 9.17) is 10.1 Å². The Hall–Kier alpha value is -0.590. The highest BCUT2D eigenvalue weighted by Crippen LogP contribution is 2.05. The molecule has 10 heavy (non-hydrogen) atoms. The molecule has 0 aromatic rings. The molecule has 0 aromatic heterocycles. The van der Waals surface area contributed by atoms with E-state index in [-0.39, 0.29) is 0 Å². The Bertz CT molecular complexity index is 124. The van der Waals surface area contributed by atoms with Crippen molar-refractivity contribution in [2.45, 2.75) is 19.3 Å². The molecule has 0 saturated carbocycles. The normalized spacial score (nSPS) is 20.3. The molecule has 0 bridgehead atoms. The molecule has 0 aromatic carbocycles. The molecule has 0 amide bonds. The van der Waals surface area contributed by atoms with Gasteiger partial charge in [-0.15, -0.1) is 0 Å². The summed E-state index contributed by atoms with van der Waals surface area (Å²) in [5.74, 6) is 0. The van der Waals surface area contributed by atoms with Gasteiger partial charge in [0.05, 0.1) is 19.1 Å². The van der Waals surface area contributed by atoms with Crippen LogP contribution < -0.4 is 0 Å². The minimum atomic E-state index is 0.569. The molecular weight excluding hydrogens is 128 g/mol. The van der Waals surface area contributed by atoms with Crippen LogP contribution in [0.4, 0.5) is 0 Å². The van der Waals surface area contributed by atoms with Gasteiger partial charge >= 0.3 is 0 Å². The highest BCUT2D eigenvalue weighted by atomic mass is 16.7. The summed E-state index contributed by atoms with van der Waals surface area (Å²) in [5.41, 5.74) is 0. The molecule has 3 heteroatoms. The molecule has 0 radical (unpaired) electrons. The number of hydrogen-bond acceptors (Lipinski definition) is 3. The second-order valence-corrected chi connectivity index (χ2v) is 2.38. The molecule has 3 nitrogen and oxygen atoms in total. The average Bonchev–Trinajstić information content (AvgIpc) is 2.03. The molecular formula is C7H12N2O. The van der Waals surface area contributed by atoms with Crippen LogP contribution in [-0.4, -0.2) is 24.8 Å². The quantitative estimate of drug-likeness (QED) is 0.572. The van der Waals surface area contributed by atoms with E-state index in [2.05, 4.69) is 6.07 Å². The van der Waals surface area contributed by atoms with Gasteiger partial charge in [0.15, 0.2) is 0 Å². The van der Waals surface area contributed by atoms with E-state index in [1.165, 1.54) is 6.42 Å². The molecule has 1 saturated heterocycles. The van der Waals surface area contributed by atoms with Crippen molar-refractivity contribution in [1.29, 1.82) is 5.26 Å². The fraction of sp³-hybridized carbons (Fsp3) is 0.857. The maximum atomic E-state index is 8.26. The number of nitrogens with zero attached hydrogens (tertiary/aromatic N) is 2. The first-order chi connectivity index (χ1) is 4.93. The summed E-state index contributed by atoms with van der Waals surface area (Å²) in [5, 5.41) is 10.1. The number of hydroxylamine groups is 2. The van der Waals surface area contributed by atoms with Crippen molar-refractivity contribution >= 4 is 0 Å². The van der Waals surface area contributed by atoms with Gasteiger partial charge in [0, 0.05) is 13.1 Å². The lowest BCUT2D eigenvalue weighted by Crippen LogP contribution is -2.30. The lowest BCUT2D eigenvalue weighted by molar-refractivity contribution is -0.179. The Morgan fingerprint density at radius 1 is 1.50 bits per heavy atom. The summed E-state index contributed by atoms with van der Waals surface area (Å²) >= 11 is 0. The molecule has 0 atom stereocenters. The first-order valence-electron chi connectivity index (χ1n) is 3.68. The Kier molecular flexibility index (Phi) is 3.20. The second-order valence-electron chi connectivity index (χ2n) is 2.38. The lowest BCUT2D eigenvalue weighted by Gasteiger charge is -2.24. The van der Waals surface area contributed by atoms with Gasteiger partial charge in [0.2, 0.25) is 0 Å². The zero-order chi connectivity index (χ0) is 7.23. The van der Waals surface area contributed by atoms with Crippen LogP contribution in [0.15, 0.2) is 0 Å². The van der Waals surface area contributed by atoms with E-state index in [0.717, 1.165) is 26.1 Å². The number of hydrogen-bond donors (Lipinski definition) is 0. The lowest BCUT2D eigenvalue weighted by atomic mass is 10.3. The Labute approximate surface area is 61.1 Å². The van der Waals surface area contributed by atoms with Gasteiger partial charge in [-0.1, -0.05) is 0 Å². The van der Waals surface area contributed by atoms with Gasteiger partial charge < -0.3 is 0 Å². The molecule has 1 fully saturated rings. The third-order valence-corrected chi connectivity index (χ3v) is 1.55. The molecule has 1 heterocycles. The highest BCUT2D eigenvalue weighted by Gasteiger charge is 2.08. The highest BCUT2D eigenvalue weighted by molar-refractivity contribution is 4.70. The van der Waals surface area contributed by atoms with Crippen molar-refractivity contribution < 1.29 is 4.84 Å². The first-order valence-corrected chi connectivity index (χ1v) is 3.68. The Morgan fingerprint density at radius 3 is 3.00 bits per heavy atom. The largest absolute Gasteiger partial charge is 0.299 e. The summed E-state index contributed by atoms with van der Waals surface area (Å²) in [4.78, 5) is 5.26. The van der Waals surface area contributed by atoms with E-state index >= 15 is 0 Å². The van der Waals surface area contributed by atoms with Crippen molar-refractivity contribution in [3.8, 4) is 6.07 Å². The van der Waals surface area contributed by atoms with Crippen LogP contribution in [0.2, 0.25) is 0 Å². The number of rotatable bonds is 2. The zero-order valence-corrected chi connectivity index (χ0v) is 6.05. The van der Waals surface area contributed by atoms with Crippen molar-refractivity contribution in [1.82, 2.24) is 5.06 Å². The summed E-state index contributed by atoms with van der Waals surface area (Å²) < 4.78 is 0. The van der Waals surface area contributed by atoms with Crippen molar-refractivity contribution in [2.75, 3.05) is 19.7 Å². The van der Waals surface area contributed by atoms with Crippen LogP contribution in [0, 0.1) is 11.3 Å². The van der Waals surface area contributed by atoms with Crippen molar-refractivity contribution in [3.05, 3.63) is 0 Å². The average molecular weight is 140 g/mol. The zero-order valence-electron chi connectivity index (χ0n) is 6.05. The van der Waals surface area contributed by atoms with Gasteiger partial charge in [-0.3, -0.25) is 4.84 Å². The minimum absolute atomic E-state index is 0.569. The van der Waals surface area contributed by atoms with Crippen LogP contribution in [0.1, 0.15) is 19.3 Å². The van der Waals surface area contributed by atoms with E-state index < -0.39 is 0 Å². The topological polar surface area (TPSA) is 36.3 Å². The predicted molar refractivity (Wildman–Crippen MR) is 37.0 cm³/mol. The van der Waals surface area contributed by atoms with Crippen molar-refractivity contribution in [3.63, 3.8) is 0 Å². The van der Waals surface area contributed by atoms with Crippen LogP contribution in [0.25, 0.3) is 0 Å². The van der Waals surface area contributed by atoms with Crippen LogP contribution in [0.3, 0.4) is 0 Å². The second kappa shape index (κ2) is 4.26. The van der Waals surface area contributed by atoms with Gasteiger partial charge in [-0.2, -0.15) is 10.3 Å². The van der Waals surface area contributed by atoms with Gasteiger partial charge in [-0.05, 0) is 12.8 Å². The van der Waals surface area contributed by atoms with Gasteiger partial charge in [0.1, 0.15) is 0 Å². The van der Waals surface area contributed by atoms with E-state index in [9.17, 15) is 0 Å². The third-order valence-electron chi connectivity index (χ3n) is 1.55. The fourth-order valence-electron chi connectivity index (χ4n) is 0.999. The van der Waals surface area contributed by atoms with E-state index in [0.29, 0.717) is 6.42 Å². The third kappa shape index (κ3) is 2.34. The molecule has 0 unspecified atom stereocenters. The summed E-state index contributed by atoms with van der Waals surface area (Å²) in [6.45, 7) is 2.57. The minimum Gasteiger partial charge on any atom is -0.299 e. The van der Waals surface area contributed by atoms with Crippen LogP contribution >= 0.6 is 0 Å². The standard InChI is InChI=1S/C7H12N2O/c8-4-3-6-9-5-1-2-7-10-9/h1-3,5-7H2. The predicted octanol–water partition coefficient (Wildman–Crippen LogP) is 0.927. The van der Waals surface area contributed by atoms with Crippen LogP contribution in [-0.2, 0) is 4.84 Å². The first kappa shape index (κ1) is 7.52. The van der Waals surface area contributed by atoms with E-state index in [1.54, 1.807) is 0 Å². The monoisotopic (exact) mass is 140 g/mol. The molecule has 56 valence electrons. The SMILES string of the molecule is N#CCCN1CCCCO1. The maximum Gasteiger partial charge on any atom is 0.0685 e. The van der Waals surface area contributed by atoms with Gasteiger partial charge in [0.25, 0.3) is 0 Å². The maximum absolute atomic E-state index is 8.26. The van der Waals surface area contributed by atoms with Gasteiger partial charge in [-0.25, -0.2) is 0 Å². The fourth-order valence-corrected chi connectivity index (χ4v) is 0.999. The van der Waals surface area contributed by atoms with E-state index in [1.807, 2.05) is 5.06 Å².